The number of anilines is 1. The smallest absolute Gasteiger partial charge is 0.0741 e. The average molecular weight is 291 g/mol. The molecule has 1 saturated carbocycles. The first-order valence-corrected chi connectivity index (χ1v) is 6.23. The Balaban J connectivity index is 2.07. The van der Waals surface area contributed by atoms with Crippen molar-refractivity contribution in [1.82, 2.24) is 0 Å². The third-order valence-corrected chi connectivity index (χ3v) is 3.97. The molecule has 0 heterocycles. The summed E-state index contributed by atoms with van der Waals surface area (Å²) >= 11 is 9.28. The Kier molecular flexibility index (Phi) is 3.54. The van der Waals surface area contributed by atoms with Gasteiger partial charge in [-0.25, -0.2) is 0 Å². The van der Waals surface area contributed by atoms with Crippen molar-refractivity contribution < 1.29 is 5.11 Å². The Morgan fingerprint density at radius 1 is 1.40 bits per heavy atom. The molecule has 0 unspecified atom stereocenters. The van der Waals surface area contributed by atoms with Crippen molar-refractivity contribution in [2.45, 2.75) is 31.4 Å². The van der Waals surface area contributed by atoms with E-state index in [0.29, 0.717) is 5.02 Å². The molecule has 0 aliphatic heterocycles. The summed E-state index contributed by atoms with van der Waals surface area (Å²) in [5.41, 5.74) is 0.997. The summed E-state index contributed by atoms with van der Waals surface area (Å²) in [6.07, 6.45) is 2.79. The molecule has 0 saturated heterocycles. The average Bonchev–Trinajstić information content (AvgIpc) is 2.59. The number of aliphatic hydroxyl groups excluding tert-OH is 1. The molecular weight excluding hydrogens is 277 g/mol. The quantitative estimate of drug-likeness (QED) is 0.874. The van der Waals surface area contributed by atoms with Crippen LogP contribution in [0.3, 0.4) is 0 Å². The van der Waals surface area contributed by atoms with Gasteiger partial charge in [0.2, 0.25) is 0 Å². The van der Waals surface area contributed by atoms with Crippen molar-refractivity contribution in [3.63, 3.8) is 0 Å². The van der Waals surface area contributed by atoms with Crippen molar-refractivity contribution >= 4 is 33.2 Å². The molecule has 1 aliphatic carbocycles. The van der Waals surface area contributed by atoms with E-state index in [4.69, 9.17) is 11.6 Å². The van der Waals surface area contributed by atoms with Crippen LogP contribution in [0, 0.1) is 0 Å². The fourth-order valence-corrected chi connectivity index (χ4v) is 2.41. The molecule has 82 valence electrons. The second-order valence-electron chi connectivity index (χ2n) is 3.88. The molecule has 2 rings (SSSR count). The zero-order valence-electron chi connectivity index (χ0n) is 8.21. The molecule has 0 spiro atoms. The van der Waals surface area contributed by atoms with Crippen LogP contribution in [0.1, 0.15) is 19.3 Å². The monoisotopic (exact) mass is 289 g/mol. The van der Waals surface area contributed by atoms with Crippen LogP contribution in [0.2, 0.25) is 5.02 Å². The summed E-state index contributed by atoms with van der Waals surface area (Å²) < 4.78 is 0.877. The predicted molar refractivity (Wildman–Crippen MR) is 66.4 cm³/mol. The molecular formula is C11H13BrClNO. The maximum absolute atomic E-state index is 9.67. The van der Waals surface area contributed by atoms with Gasteiger partial charge in [0, 0.05) is 10.2 Å². The fraction of sp³-hybridized carbons (Fsp3) is 0.455. The Morgan fingerprint density at radius 2 is 2.20 bits per heavy atom. The number of aliphatic hydroxyl groups is 1. The van der Waals surface area contributed by atoms with Crippen molar-refractivity contribution in [3.05, 3.63) is 27.7 Å². The van der Waals surface area contributed by atoms with E-state index in [9.17, 15) is 5.11 Å². The van der Waals surface area contributed by atoms with Crippen molar-refractivity contribution in [3.8, 4) is 0 Å². The van der Waals surface area contributed by atoms with Gasteiger partial charge in [-0.15, -0.1) is 0 Å². The SMILES string of the molecule is O[C@H]1CCC[C@@H]1Nc1ccc(Cl)c(Br)c1. The molecule has 0 aromatic heterocycles. The van der Waals surface area contributed by atoms with Gasteiger partial charge in [-0.3, -0.25) is 0 Å². The van der Waals surface area contributed by atoms with Crippen LogP contribution in [-0.4, -0.2) is 17.3 Å². The Labute approximate surface area is 103 Å². The summed E-state index contributed by atoms with van der Waals surface area (Å²) in [4.78, 5) is 0. The third-order valence-electron chi connectivity index (χ3n) is 2.75. The topological polar surface area (TPSA) is 32.3 Å². The largest absolute Gasteiger partial charge is 0.391 e. The molecule has 0 bridgehead atoms. The Bertz CT molecular complexity index is 358. The van der Waals surface area contributed by atoms with Crippen LogP contribution in [-0.2, 0) is 0 Å². The number of halogens is 2. The molecule has 1 aliphatic rings. The van der Waals surface area contributed by atoms with E-state index in [1.54, 1.807) is 0 Å². The van der Waals surface area contributed by atoms with Crippen LogP contribution >= 0.6 is 27.5 Å². The van der Waals surface area contributed by atoms with Crippen molar-refractivity contribution in [1.29, 1.82) is 0 Å². The molecule has 2 N–H and O–H groups in total. The highest BCUT2D eigenvalue weighted by atomic mass is 79.9. The van der Waals surface area contributed by atoms with Crippen LogP contribution in [0.25, 0.3) is 0 Å². The van der Waals surface area contributed by atoms with Gasteiger partial charge in [-0.2, -0.15) is 0 Å². The van der Waals surface area contributed by atoms with Gasteiger partial charge >= 0.3 is 0 Å². The lowest BCUT2D eigenvalue weighted by Crippen LogP contribution is -2.27. The summed E-state index contributed by atoms with van der Waals surface area (Å²) in [5, 5.41) is 13.7. The lowest BCUT2D eigenvalue weighted by Gasteiger charge is -2.18. The molecule has 0 radical (unpaired) electrons. The zero-order chi connectivity index (χ0) is 10.8. The first-order valence-electron chi connectivity index (χ1n) is 5.06. The fourth-order valence-electron chi connectivity index (χ4n) is 1.91. The molecule has 2 atom stereocenters. The standard InChI is InChI=1S/C11H13BrClNO/c12-8-6-7(4-5-9(8)13)14-10-2-1-3-11(10)15/h4-6,10-11,14-15H,1-3H2/t10-,11-/m0/s1. The number of hydrogen-bond acceptors (Lipinski definition) is 2. The summed E-state index contributed by atoms with van der Waals surface area (Å²) in [6.45, 7) is 0. The highest BCUT2D eigenvalue weighted by Crippen LogP contribution is 2.28. The first kappa shape index (κ1) is 11.2. The van der Waals surface area contributed by atoms with Gasteiger partial charge in [0.25, 0.3) is 0 Å². The number of rotatable bonds is 2. The molecule has 4 heteroatoms. The summed E-state index contributed by atoms with van der Waals surface area (Å²) in [7, 11) is 0. The van der Waals surface area contributed by atoms with Crippen LogP contribution < -0.4 is 5.32 Å². The van der Waals surface area contributed by atoms with Gasteiger partial charge < -0.3 is 10.4 Å². The molecule has 1 aromatic rings. The normalized spacial score (nSPS) is 25.5. The van der Waals surface area contributed by atoms with Crippen molar-refractivity contribution in [2.75, 3.05) is 5.32 Å². The highest BCUT2D eigenvalue weighted by Gasteiger charge is 2.24. The minimum Gasteiger partial charge on any atom is -0.391 e. The summed E-state index contributed by atoms with van der Waals surface area (Å²) in [5.74, 6) is 0. The van der Waals surface area contributed by atoms with Crippen molar-refractivity contribution in [2.24, 2.45) is 0 Å². The van der Waals surface area contributed by atoms with Gasteiger partial charge in [0.15, 0.2) is 0 Å². The maximum atomic E-state index is 9.67. The van der Waals surface area contributed by atoms with E-state index in [2.05, 4.69) is 21.2 Å². The van der Waals surface area contributed by atoms with E-state index in [1.165, 1.54) is 0 Å². The van der Waals surface area contributed by atoms with Gasteiger partial charge in [0.05, 0.1) is 17.2 Å². The molecule has 1 fully saturated rings. The highest BCUT2D eigenvalue weighted by molar-refractivity contribution is 9.10. The van der Waals surface area contributed by atoms with Gasteiger partial charge in [0.1, 0.15) is 0 Å². The molecule has 1 aromatic carbocycles. The number of benzene rings is 1. The molecule has 2 nitrogen and oxygen atoms in total. The van der Waals surface area contributed by atoms with E-state index in [1.807, 2.05) is 18.2 Å². The van der Waals surface area contributed by atoms with Crippen LogP contribution in [0.5, 0.6) is 0 Å². The third kappa shape index (κ3) is 2.65. The zero-order valence-corrected chi connectivity index (χ0v) is 10.6. The molecule has 0 amide bonds. The Hall–Kier alpha value is -0.250. The Morgan fingerprint density at radius 3 is 2.80 bits per heavy atom. The number of nitrogens with one attached hydrogen (secondary N) is 1. The van der Waals surface area contributed by atoms with Gasteiger partial charge in [-0.05, 0) is 53.4 Å². The van der Waals surface area contributed by atoms with E-state index >= 15 is 0 Å². The maximum Gasteiger partial charge on any atom is 0.0741 e. The molecule has 15 heavy (non-hydrogen) atoms. The second kappa shape index (κ2) is 4.73. The lowest BCUT2D eigenvalue weighted by molar-refractivity contribution is 0.172. The van der Waals surface area contributed by atoms with E-state index < -0.39 is 0 Å². The lowest BCUT2D eigenvalue weighted by atomic mass is 10.2. The predicted octanol–water partition coefficient (Wildman–Crippen LogP) is 3.43. The minimum atomic E-state index is -0.223. The van der Waals surface area contributed by atoms with E-state index in [-0.39, 0.29) is 12.1 Å². The number of hydrogen-bond donors (Lipinski definition) is 2. The van der Waals surface area contributed by atoms with Crippen LogP contribution in [0.15, 0.2) is 22.7 Å². The van der Waals surface area contributed by atoms with Crippen LogP contribution in [0.4, 0.5) is 5.69 Å². The first-order chi connectivity index (χ1) is 7.16. The summed E-state index contributed by atoms with van der Waals surface area (Å²) in [6, 6.07) is 5.89. The minimum absolute atomic E-state index is 0.179. The van der Waals surface area contributed by atoms with E-state index in [0.717, 1.165) is 29.4 Å². The second-order valence-corrected chi connectivity index (χ2v) is 5.14. The van der Waals surface area contributed by atoms with Gasteiger partial charge in [-0.1, -0.05) is 11.6 Å².